The molecule has 12 heteroatoms. The van der Waals surface area contributed by atoms with Crippen LogP contribution in [0.3, 0.4) is 0 Å². The lowest BCUT2D eigenvalue weighted by Gasteiger charge is -2.22. The Kier molecular flexibility index (Phi) is 22.2. The molecule has 0 radical (unpaired) electrons. The van der Waals surface area contributed by atoms with E-state index in [0.717, 1.165) is 19.3 Å². The molecule has 0 aromatic rings. The first kappa shape index (κ1) is 36.0. The van der Waals surface area contributed by atoms with Gasteiger partial charge in [0.15, 0.2) is 0 Å². The summed E-state index contributed by atoms with van der Waals surface area (Å²) < 4.78 is 9.47. The fourth-order valence-corrected chi connectivity index (χ4v) is 4.09. The lowest BCUT2D eigenvalue weighted by molar-refractivity contribution is -0.141. The van der Waals surface area contributed by atoms with Crippen molar-refractivity contribution in [2.75, 3.05) is 13.2 Å². The highest BCUT2D eigenvalue weighted by Crippen LogP contribution is 2.12. The fraction of sp³-hybridized carbons (Fsp3) is 0.778. The molecule has 0 fully saturated rings. The number of Topliss-reactive ketones (excluding diaryl/α,β-unsaturated/α-hetero) is 1. The number of amides is 1. The molecule has 39 heavy (non-hydrogen) atoms. The molecule has 0 aromatic carbocycles. The van der Waals surface area contributed by atoms with Gasteiger partial charge in [-0.2, -0.15) is 0 Å². The zero-order valence-corrected chi connectivity index (χ0v) is 23.1. The van der Waals surface area contributed by atoms with Crippen LogP contribution >= 0.6 is 0 Å². The van der Waals surface area contributed by atoms with Crippen LogP contribution in [-0.4, -0.2) is 78.1 Å². The highest BCUT2D eigenvalue weighted by Gasteiger charge is 2.24. The van der Waals surface area contributed by atoms with Crippen LogP contribution < -0.4 is 10.6 Å². The second-order valence-corrected chi connectivity index (χ2v) is 9.63. The van der Waals surface area contributed by atoms with Crippen LogP contribution in [0.25, 0.3) is 0 Å². The van der Waals surface area contributed by atoms with E-state index in [1.807, 2.05) is 0 Å². The number of ether oxygens (including phenoxy) is 2. The maximum Gasteiger partial charge on any atom is 0.320 e. The molecule has 224 valence electrons. The van der Waals surface area contributed by atoms with Gasteiger partial charge in [0.05, 0.1) is 6.61 Å². The van der Waals surface area contributed by atoms with Gasteiger partial charge in [-0.1, -0.05) is 58.3 Å². The minimum absolute atomic E-state index is 0.0420. The number of unbranched alkanes of at least 4 members (excludes halogenated alkanes) is 8. The van der Waals surface area contributed by atoms with Crippen molar-refractivity contribution in [1.82, 2.24) is 10.6 Å². The highest BCUT2D eigenvalue weighted by molar-refractivity contribution is 5.81. The fourth-order valence-electron chi connectivity index (χ4n) is 4.09. The summed E-state index contributed by atoms with van der Waals surface area (Å²) in [7, 11) is 0. The largest absolute Gasteiger partial charge is 0.481 e. The summed E-state index contributed by atoms with van der Waals surface area (Å²) in [6.07, 6.45) is 8.61. The van der Waals surface area contributed by atoms with E-state index in [0.29, 0.717) is 6.42 Å². The topological polar surface area (TPSA) is 185 Å². The van der Waals surface area contributed by atoms with Gasteiger partial charge in [0.1, 0.15) is 17.9 Å². The average Bonchev–Trinajstić information content (AvgIpc) is 2.87. The summed E-state index contributed by atoms with van der Waals surface area (Å²) in [5.41, 5.74) is 0. The summed E-state index contributed by atoms with van der Waals surface area (Å²) in [4.78, 5) is 68.7. The molecule has 0 aliphatic rings. The zero-order chi connectivity index (χ0) is 29.3. The number of carbonyl (C=O) groups is 6. The second kappa shape index (κ2) is 24.1. The quantitative estimate of drug-likeness (QED) is 0.0817. The zero-order valence-electron chi connectivity index (χ0n) is 23.1. The molecule has 0 heterocycles. The normalized spacial score (nSPS) is 13.1. The van der Waals surface area contributed by atoms with E-state index >= 15 is 0 Å². The Morgan fingerprint density at radius 1 is 0.821 bits per heavy atom. The first-order valence-corrected chi connectivity index (χ1v) is 13.9. The maximum atomic E-state index is 12.7. The maximum absolute atomic E-state index is 12.7. The number of hydrogen-bond acceptors (Lipinski definition) is 9. The monoisotopic (exact) mass is 558 g/mol. The van der Waals surface area contributed by atoms with E-state index in [2.05, 4.69) is 22.3 Å². The molecular weight excluding hydrogens is 512 g/mol. The van der Waals surface area contributed by atoms with Gasteiger partial charge in [0.25, 0.3) is 12.9 Å². The van der Waals surface area contributed by atoms with Crippen LogP contribution in [-0.2, 0) is 38.2 Å². The Hall–Kier alpha value is -3.02. The van der Waals surface area contributed by atoms with Crippen LogP contribution in [0.1, 0.15) is 103 Å². The first-order valence-electron chi connectivity index (χ1n) is 13.9. The van der Waals surface area contributed by atoms with E-state index in [1.165, 1.54) is 32.1 Å². The number of hydrogen-bond donors (Lipinski definition) is 4. The van der Waals surface area contributed by atoms with E-state index in [1.54, 1.807) is 0 Å². The smallest absolute Gasteiger partial charge is 0.320 e. The van der Waals surface area contributed by atoms with Crippen molar-refractivity contribution in [2.45, 2.75) is 121 Å². The van der Waals surface area contributed by atoms with Crippen molar-refractivity contribution in [2.24, 2.45) is 0 Å². The Labute approximate surface area is 230 Å². The van der Waals surface area contributed by atoms with Crippen molar-refractivity contribution in [1.29, 1.82) is 0 Å². The van der Waals surface area contributed by atoms with Gasteiger partial charge in [-0.05, 0) is 12.8 Å². The van der Waals surface area contributed by atoms with Gasteiger partial charge < -0.3 is 30.3 Å². The SMILES string of the molecule is CCCCCCCCCCCC(=O)NC(CNC(CCC(=O)O)C(=O)O)CC(=O)CC(CCOC=O)OC=O. The Balaban J connectivity index is 4.91. The molecule has 0 aromatic heterocycles. The summed E-state index contributed by atoms with van der Waals surface area (Å²) in [6, 6.07) is -1.92. The van der Waals surface area contributed by atoms with Crippen molar-refractivity contribution in [3.8, 4) is 0 Å². The number of aliphatic carboxylic acids is 2. The molecule has 4 N–H and O–H groups in total. The number of carboxylic acids is 2. The third kappa shape index (κ3) is 21.6. The minimum atomic E-state index is -1.24. The molecule has 0 aliphatic carbocycles. The van der Waals surface area contributed by atoms with Gasteiger partial charge in [-0.15, -0.1) is 0 Å². The van der Waals surface area contributed by atoms with Crippen LogP contribution in [0.15, 0.2) is 0 Å². The molecule has 0 aliphatic heterocycles. The van der Waals surface area contributed by atoms with Crippen LogP contribution in [0.2, 0.25) is 0 Å². The number of nitrogens with one attached hydrogen (secondary N) is 2. The van der Waals surface area contributed by atoms with Crippen LogP contribution in [0.5, 0.6) is 0 Å². The third-order valence-electron chi connectivity index (χ3n) is 6.23. The van der Waals surface area contributed by atoms with Crippen molar-refractivity contribution in [3.63, 3.8) is 0 Å². The molecular formula is C27H46N2O10. The predicted octanol–water partition coefficient (Wildman–Crippen LogP) is 2.75. The average molecular weight is 559 g/mol. The summed E-state index contributed by atoms with van der Waals surface area (Å²) in [6.45, 7) is 2.51. The summed E-state index contributed by atoms with van der Waals surface area (Å²) >= 11 is 0. The van der Waals surface area contributed by atoms with Crippen molar-refractivity contribution in [3.05, 3.63) is 0 Å². The van der Waals surface area contributed by atoms with Crippen molar-refractivity contribution >= 4 is 36.6 Å². The molecule has 3 unspecified atom stereocenters. The van der Waals surface area contributed by atoms with E-state index in [4.69, 9.17) is 9.84 Å². The standard InChI is InChI=1S/C27H46N2O10/c1-2-3-4-5-6-7-8-9-10-11-25(33)29-21(18-28-24(27(36)37)12-13-26(34)35)16-22(32)17-23(39-20-31)14-15-38-19-30/h19-21,23-24,28H,2-18H2,1H3,(H,29,33)(H,34,35)(H,36,37). The van der Waals surface area contributed by atoms with E-state index in [9.17, 15) is 33.9 Å². The molecule has 1 amide bonds. The lowest BCUT2D eigenvalue weighted by Crippen LogP contribution is -2.48. The highest BCUT2D eigenvalue weighted by atomic mass is 16.5. The molecule has 12 nitrogen and oxygen atoms in total. The number of rotatable bonds is 28. The number of carboxylic acid groups (broad SMARTS) is 2. The molecule has 0 rings (SSSR count). The van der Waals surface area contributed by atoms with Crippen LogP contribution in [0.4, 0.5) is 0 Å². The van der Waals surface area contributed by atoms with Gasteiger partial charge >= 0.3 is 11.9 Å². The Bertz CT molecular complexity index is 731. The van der Waals surface area contributed by atoms with Gasteiger partial charge in [-0.25, -0.2) is 0 Å². The predicted molar refractivity (Wildman–Crippen MR) is 142 cm³/mol. The molecule has 3 atom stereocenters. The lowest BCUT2D eigenvalue weighted by atomic mass is 10.0. The minimum Gasteiger partial charge on any atom is -0.481 e. The molecule has 0 bridgehead atoms. The molecule has 0 saturated carbocycles. The van der Waals surface area contributed by atoms with Crippen molar-refractivity contribution < 1.29 is 48.5 Å². The van der Waals surface area contributed by atoms with Gasteiger partial charge in [-0.3, -0.25) is 28.8 Å². The molecule has 0 saturated heterocycles. The van der Waals surface area contributed by atoms with Gasteiger partial charge in [0, 0.05) is 44.7 Å². The number of carbonyl (C=O) groups excluding carboxylic acids is 4. The Morgan fingerprint density at radius 3 is 2.03 bits per heavy atom. The second-order valence-electron chi connectivity index (χ2n) is 9.63. The summed E-state index contributed by atoms with van der Waals surface area (Å²) in [5.74, 6) is -2.99. The van der Waals surface area contributed by atoms with E-state index in [-0.39, 0.29) is 76.3 Å². The van der Waals surface area contributed by atoms with Gasteiger partial charge in [0.2, 0.25) is 5.91 Å². The first-order chi connectivity index (χ1) is 18.7. The Morgan fingerprint density at radius 2 is 1.46 bits per heavy atom. The number of ketones is 1. The summed E-state index contributed by atoms with van der Waals surface area (Å²) in [5, 5.41) is 23.8. The van der Waals surface area contributed by atoms with E-state index < -0.39 is 30.1 Å². The third-order valence-corrected chi connectivity index (χ3v) is 6.23. The van der Waals surface area contributed by atoms with Crippen LogP contribution in [0, 0.1) is 0 Å². The molecule has 0 spiro atoms.